The van der Waals surface area contributed by atoms with Crippen molar-refractivity contribution in [3.8, 4) is 0 Å². The Balaban J connectivity index is 1.20. The highest BCUT2D eigenvalue weighted by molar-refractivity contribution is 7.10. The molecule has 0 bridgehead atoms. The third kappa shape index (κ3) is 4.77. The predicted molar refractivity (Wildman–Crippen MR) is 110 cm³/mol. The Morgan fingerprint density at radius 2 is 1.93 bits per heavy atom. The SMILES string of the molecule is O=C(NC[C@H]1CCC2(CCN(C(=O)Cc3cccs3)CC2)O1)C1CCCCC1. The van der Waals surface area contributed by atoms with Crippen molar-refractivity contribution in [1.82, 2.24) is 10.2 Å². The minimum absolute atomic E-state index is 0.0834. The van der Waals surface area contributed by atoms with Gasteiger partial charge in [0.05, 0.1) is 18.1 Å². The molecular formula is C22H32N2O3S. The van der Waals surface area contributed by atoms with E-state index in [1.807, 2.05) is 22.4 Å². The molecule has 1 aromatic heterocycles. The summed E-state index contributed by atoms with van der Waals surface area (Å²) >= 11 is 1.65. The molecule has 1 spiro atoms. The first-order valence-corrected chi connectivity index (χ1v) is 11.8. The Kier molecular flexibility index (Phi) is 6.36. The molecule has 3 heterocycles. The van der Waals surface area contributed by atoms with Gasteiger partial charge in [-0.05, 0) is 50.0 Å². The zero-order chi connectivity index (χ0) is 19.4. The van der Waals surface area contributed by atoms with Gasteiger partial charge in [-0.25, -0.2) is 0 Å². The molecule has 0 aromatic carbocycles. The standard InChI is InChI=1S/C22H32N2O3S/c25-20(15-19-7-4-14-28-19)24-12-10-22(11-13-24)9-8-18(27-22)16-23-21(26)17-5-2-1-3-6-17/h4,7,14,17-18H,1-3,5-6,8-13,15-16H2,(H,23,26)/t18-/m1/s1. The average Bonchev–Trinajstić information content (AvgIpc) is 3.38. The van der Waals surface area contributed by atoms with E-state index in [1.54, 1.807) is 11.3 Å². The van der Waals surface area contributed by atoms with Gasteiger partial charge in [-0.2, -0.15) is 0 Å². The zero-order valence-corrected chi connectivity index (χ0v) is 17.5. The molecule has 1 aliphatic carbocycles. The van der Waals surface area contributed by atoms with Gasteiger partial charge >= 0.3 is 0 Å². The highest BCUT2D eigenvalue weighted by atomic mass is 32.1. The largest absolute Gasteiger partial charge is 0.370 e. The molecule has 0 radical (unpaired) electrons. The van der Waals surface area contributed by atoms with E-state index in [0.717, 1.165) is 56.5 Å². The number of nitrogens with one attached hydrogen (secondary N) is 1. The Labute approximate surface area is 171 Å². The molecule has 3 fully saturated rings. The van der Waals surface area contributed by atoms with Crippen LogP contribution in [-0.4, -0.2) is 48.1 Å². The van der Waals surface area contributed by atoms with Crippen LogP contribution in [-0.2, 0) is 20.7 Å². The molecule has 1 saturated carbocycles. The fraction of sp³-hybridized carbons (Fsp3) is 0.727. The van der Waals surface area contributed by atoms with Gasteiger partial charge in [-0.3, -0.25) is 9.59 Å². The summed E-state index contributed by atoms with van der Waals surface area (Å²) in [7, 11) is 0. The first-order valence-electron chi connectivity index (χ1n) is 10.9. The van der Waals surface area contributed by atoms with Crippen LogP contribution in [0.2, 0.25) is 0 Å². The lowest BCUT2D eigenvalue weighted by molar-refractivity contribution is -0.137. The number of carbonyl (C=O) groups excluding carboxylic acids is 2. The van der Waals surface area contributed by atoms with Crippen LogP contribution in [0, 0.1) is 5.92 Å². The first kappa shape index (κ1) is 19.9. The van der Waals surface area contributed by atoms with Gasteiger partial charge in [-0.1, -0.05) is 25.3 Å². The quantitative estimate of drug-likeness (QED) is 0.817. The van der Waals surface area contributed by atoms with E-state index in [4.69, 9.17) is 4.74 Å². The van der Waals surface area contributed by atoms with Crippen molar-refractivity contribution in [2.75, 3.05) is 19.6 Å². The lowest BCUT2D eigenvalue weighted by atomic mass is 9.88. The summed E-state index contributed by atoms with van der Waals surface area (Å²) in [5, 5.41) is 5.16. The van der Waals surface area contributed by atoms with Crippen molar-refractivity contribution in [1.29, 1.82) is 0 Å². The normalized spacial score (nSPS) is 25.1. The molecule has 28 heavy (non-hydrogen) atoms. The smallest absolute Gasteiger partial charge is 0.227 e. The Morgan fingerprint density at radius 1 is 1.14 bits per heavy atom. The number of carbonyl (C=O) groups is 2. The molecule has 6 heteroatoms. The topological polar surface area (TPSA) is 58.6 Å². The number of rotatable bonds is 5. The molecule has 1 N–H and O–H groups in total. The molecule has 5 nitrogen and oxygen atoms in total. The van der Waals surface area contributed by atoms with Crippen molar-refractivity contribution in [3.05, 3.63) is 22.4 Å². The maximum absolute atomic E-state index is 12.5. The van der Waals surface area contributed by atoms with Crippen LogP contribution in [0.25, 0.3) is 0 Å². The molecule has 2 aliphatic heterocycles. The Hall–Kier alpha value is -1.40. The predicted octanol–water partition coefficient (Wildman–Crippen LogP) is 3.53. The number of hydrogen-bond donors (Lipinski definition) is 1. The number of likely N-dealkylation sites (tertiary alicyclic amines) is 1. The Morgan fingerprint density at radius 3 is 2.64 bits per heavy atom. The van der Waals surface area contributed by atoms with Gasteiger partial charge in [-0.15, -0.1) is 11.3 Å². The van der Waals surface area contributed by atoms with Crippen LogP contribution in [0.4, 0.5) is 0 Å². The number of nitrogens with zero attached hydrogens (tertiary/aromatic N) is 1. The second-order valence-corrected chi connectivity index (χ2v) is 9.71. The van der Waals surface area contributed by atoms with Gasteiger partial charge < -0.3 is 15.0 Å². The molecule has 2 saturated heterocycles. The van der Waals surface area contributed by atoms with Gasteiger partial charge in [0.15, 0.2) is 0 Å². The number of hydrogen-bond acceptors (Lipinski definition) is 4. The van der Waals surface area contributed by atoms with Crippen molar-refractivity contribution < 1.29 is 14.3 Å². The minimum Gasteiger partial charge on any atom is -0.370 e. The summed E-state index contributed by atoms with van der Waals surface area (Å²) in [6.07, 6.45) is 10.2. The second kappa shape index (κ2) is 8.95. The Bertz CT molecular complexity index is 661. The van der Waals surface area contributed by atoms with Crippen LogP contribution in [0.15, 0.2) is 17.5 Å². The van der Waals surface area contributed by atoms with Crippen LogP contribution >= 0.6 is 11.3 Å². The van der Waals surface area contributed by atoms with Gasteiger partial charge in [0.2, 0.25) is 11.8 Å². The zero-order valence-electron chi connectivity index (χ0n) is 16.7. The van der Waals surface area contributed by atoms with E-state index in [1.165, 1.54) is 19.3 Å². The number of thiophene rings is 1. The fourth-order valence-corrected chi connectivity index (χ4v) is 5.66. The van der Waals surface area contributed by atoms with Crippen molar-refractivity contribution >= 4 is 23.2 Å². The van der Waals surface area contributed by atoms with E-state index in [2.05, 4.69) is 5.32 Å². The minimum atomic E-state index is -0.0834. The van der Waals surface area contributed by atoms with E-state index in [9.17, 15) is 9.59 Å². The van der Waals surface area contributed by atoms with Crippen LogP contribution in [0.1, 0.15) is 62.7 Å². The third-order valence-electron chi connectivity index (χ3n) is 6.75. The summed E-state index contributed by atoms with van der Waals surface area (Å²) in [5.74, 6) is 0.659. The molecule has 2 amide bonds. The summed E-state index contributed by atoms with van der Waals surface area (Å²) in [6, 6.07) is 4.03. The van der Waals surface area contributed by atoms with Crippen molar-refractivity contribution in [2.45, 2.75) is 75.9 Å². The first-order chi connectivity index (χ1) is 13.6. The summed E-state index contributed by atoms with van der Waals surface area (Å²) in [4.78, 5) is 28.0. The number of ether oxygens (including phenoxy) is 1. The second-order valence-electron chi connectivity index (χ2n) is 8.68. The van der Waals surface area contributed by atoms with Gasteiger partial charge in [0.25, 0.3) is 0 Å². The molecular weight excluding hydrogens is 372 g/mol. The molecule has 1 aromatic rings. The summed E-state index contributed by atoms with van der Waals surface area (Å²) < 4.78 is 6.41. The third-order valence-corrected chi connectivity index (χ3v) is 7.63. The lowest BCUT2D eigenvalue weighted by Crippen LogP contribution is -2.47. The number of amides is 2. The molecule has 0 unspecified atom stereocenters. The van der Waals surface area contributed by atoms with Crippen LogP contribution in [0.3, 0.4) is 0 Å². The highest BCUT2D eigenvalue weighted by Gasteiger charge is 2.43. The number of piperidine rings is 1. The average molecular weight is 405 g/mol. The molecule has 1 atom stereocenters. The lowest BCUT2D eigenvalue weighted by Gasteiger charge is -2.39. The molecule has 154 valence electrons. The summed E-state index contributed by atoms with van der Waals surface area (Å²) in [6.45, 7) is 2.20. The van der Waals surface area contributed by atoms with E-state index >= 15 is 0 Å². The van der Waals surface area contributed by atoms with Gasteiger partial charge in [0, 0.05) is 30.4 Å². The monoisotopic (exact) mass is 404 g/mol. The van der Waals surface area contributed by atoms with Crippen LogP contribution in [0.5, 0.6) is 0 Å². The summed E-state index contributed by atoms with van der Waals surface area (Å²) in [5.41, 5.74) is -0.0834. The maximum atomic E-state index is 12.5. The molecule has 4 rings (SSSR count). The van der Waals surface area contributed by atoms with Crippen molar-refractivity contribution in [3.63, 3.8) is 0 Å². The van der Waals surface area contributed by atoms with Crippen molar-refractivity contribution in [2.24, 2.45) is 5.92 Å². The van der Waals surface area contributed by atoms with E-state index in [0.29, 0.717) is 13.0 Å². The maximum Gasteiger partial charge on any atom is 0.227 e. The van der Waals surface area contributed by atoms with E-state index < -0.39 is 0 Å². The van der Waals surface area contributed by atoms with E-state index in [-0.39, 0.29) is 29.4 Å². The fourth-order valence-electron chi connectivity index (χ4n) is 4.97. The van der Waals surface area contributed by atoms with Crippen LogP contribution < -0.4 is 5.32 Å². The molecule has 3 aliphatic rings. The highest BCUT2D eigenvalue weighted by Crippen LogP contribution is 2.39. The van der Waals surface area contributed by atoms with Gasteiger partial charge in [0.1, 0.15) is 0 Å².